The van der Waals surface area contributed by atoms with Gasteiger partial charge < -0.3 is 0 Å². The van der Waals surface area contributed by atoms with Crippen molar-refractivity contribution in [2.45, 2.75) is 6.92 Å². The maximum atomic E-state index is 5.53. The highest BCUT2D eigenvalue weighted by Gasteiger charge is 1.89. The number of halogens is 1. The Morgan fingerprint density at radius 2 is 2.00 bits per heavy atom. The van der Waals surface area contributed by atoms with E-state index in [1.807, 2.05) is 13.3 Å². The molecule has 1 heterocycles. The van der Waals surface area contributed by atoms with Crippen LogP contribution >= 0.6 is 11.6 Å². The molecule has 0 saturated heterocycles. The average Bonchev–Trinajstić information content (AvgIpc) is 1.90. The molecule has 47 valence electrons. The first-order chi connectivity index (χ1) is 4.33. The van der Waals surface area contributed by atoms with Crippen LogP contribution in [-0.4, -0.2) is 9.97 Å². The van der Waals surface area contributed by atoms with Crippen molar-refractivity contribution in [2.24, 2.45) is 0 Å². The highest BCUT2D eigenvalue weighted by Crippen LogP contribution is 2.02. The molecule has 0 aliphatic carbocycles. The van der Waals surface area contributed by atoms with Crippen LogP contribution < -0.4 is 0 Å². The van der Waals surface area contributed by atoms with Crippen molar-refractivity contribution in [1.82, 2.24) is 9.97 Å². The number of nitrogens with zero attached hydrogens (tertiary/aromatic N) is 2. The van der Waals surface area contributed by atoms with Crippen molar-refractivity contribution in [3.05, 3.63) is 29.7 Å². The van der Waals surface area contributed by atoms with Gasteiger partial charge in [-0.05, 0) is 0 Å². The first kappa shape index (κ1) is 6.49. The summed E-state index contributed by atoms with van der Waals surface area (Å²) < 4.78 is 0. The normalized spacial score (nSPS) is 9.56. The van der Waals surface area contributed by atoms with Crippen LogP contribution in [-0.2, 0) is 0 Å². The van der Waals surface area contributed by atoms with E-state index in [4.69, 9.17) is 11.6 Å². The Morgan fingerprint density at radius 1 is 1.44 bits per heavy atom. The molecule has 3 heteroatoms. The molecule has 0 saturated carbocycles. The number of hydrogen-bond donors (Lipinski definition) is 0. The van der Waals surface area contributed by atoms with Crippen molar-refractivity contribution in [3.63, 3.8) is 0 Å². The lowest BCUT2D eigenvalue weighted by Gasteiger charge is -1.90. The molecule has 0 spiro atoms. The van der Waals surface area contributed by atoms with Gasteiger partial charge in [0.05, 0.1) is 5.02 Å². The van der Waals surface area contributed by atoms with Crippen LogP contribution in [0.5, 0.6) is 0 Å². The fourth-order valence-corrected chi connectivity index (χ4v) is 0.569. The predicted octanol–water partition coefficient (Wildman–Crippen LogP) is 1.70. The second-order valence-electron chi connectivity index (χ2n) is 1.55. The monoisotopic (exact) mass is 141 g/mol. The lowest BCUT2D eigenvalue weighted by molar-refractivity contribution is 1.06. The maximum Gasteiger partial charge on any atom is 0.131 e. The third-order valence-corrected chi connectivity index (χ3v) is 1.09. The lowest BCUT2D eigenvalue weighted by atomic mass is 10.4. The van der Waals surface area contributed by atoms with Crippen LogP contribution in [0.2, 0.25) is 5.02 Å². The van der Waals surface area contributed by atoms with E-state index in [1.54, 1.807) is 12.4 Å². The van der Waals surface area contributed by atoms with E-state index in [0.29, 0.717) is 10.8 Å². The molecule has 0 aliphatic rings. The van der Waals surface area contributed by atoms with Gasteiger partial charge in [-0.15, -0.1) is 0 Å². The summed E-state index contributed by atoms with van der Waals surface area (Å²) in [5.41, 5.74) is 0. The van der Waals surface area contributed by atoms with Crippen molar-refractivity contribution < 1.29 is 0 Å². The SMILES string of the molecule is C[CH]c1ncc(Cl)cn1. The Bertz CT molecular complexity index is 183. The van der Waals surface area contributed by atoms with E-state index in [-0.39, 0.29) is 0 Å². The number of rotatable bonds is 1. The van der Waals surface area contributed by atoms with Crippen molar-refractivity contribution >= 4 is 11.6 Å². The molecule has 1 aromatic heterocycles. The molecule has 2 nitrogen and oxygen atoms in total. The second-order valence-corrected chi connectivity index (χ2v) is 1.98. The summed E-state index contributed by atoms with van der Waals surface area (Å²) >= 11 is 5.53. The minimum atomic E-state index is 0.570. The highest BCUT2D eigenvalue weighted by atomic mass is 35.5. The summed E-state index contributed by atoms with van der Waals surface area (Å²) in [4.78, 5) is 7.80. The Labute approximate surface area is 58.9 Å². The molecular weight excluding hydrogens is 136 g/mol. The highest BCUT2D eigenvalue weighted by molar-refractivity contribution is 6.30. The summed E-state index contributed by atoms with van der Waals surface area (Å²) in [7, 11) is 0. The summed E-state index contributed by atoms with van der Waals surface area (Å²) in [5, 5.41) is 0.570. The summed E-state index contributed by atoms with van der Waals surface area (Å²) in [5.74, 6) is 0.708. The van der Waals surface area contributed by atoms with Crippen LogP contribution in [0.3, 0.4) is 0 Å². The molecule has 0 atom stereocenters. The first-order valence-corrected chi connectivity index (χ1v) is 2.97. The molecular formula is C6H6ClN2. The Hall–Kier alpha value is -0.630. The van der Waals surface area contributed by atoms with E-state index in [2.05, 4.69) is 9.97 Å². The van der Waals surface area contributed by atoms with Crippen LogP contribution in [0.4, 0.5) is 0 Å². The summed E-state index contributed by atoms with van der Waals surface area (Å²) in [6.07, 6.45) is 4.96. The number of hydrogen-bond acceptors (Lipinski definition) is 2. The van der Waals surface area contributed by atoms with E-state index in [0.717, 1.165) is 0 Å². The molecule has 0 N–H and O–H groups in total. The van der Waals surface area contributed by atoms with Gasteiger partial charge >= 0.3 is 0 Å². The van der Waals surface area contributed by atoms with Crippen molar-refractivity contribution in [2.75, 3.05) is 0 Å². The summed E-state index contributed by atoms with van der Waals surface area (Å²) in [6.45, 7) is 1.88. The predicted molar refractivity (Wildman–Crippen MR) is 36.1 cm³/mol. The fourth-order valence-electron chi connectivity index (χ4n) is 0.471. The molecule has 1 aromatic rings. The van der Waals surface area contributed by atoms with Gasteiger partial charge in [-0.1, -0.05) is 18.5 Å². The maximum absolute atomic E-state index is 5.53. The zero-order valence-electron chi connectivity index (χ0n) is 5.00. The van der Waals surface area contributed by atoms with Gasteiger partial charge in [0.1, 0.15) is 5.82 Å². The van der Waals surface area contributed by atoms with Gasteiger partial charge in [0.25, 0.3) is 0 Å². The molecule has 9 heavy (non-hydrogen) atoms. The van der Waals surface area contributed by atoms with Gasteiger partial charge in [-0.2, -0.15) is 0 Å². The molecule has 0 aromatic carbocycles. The van der Waals surface area contributed by atoms with E-state index >= 15 is 0 Å². The van der Waals surface area contributed by atoms with Crippen LogP contribution in [0.25, 0.3) is 0 Å². The summed E-state index contributed by atoms with van der Waals surface area (Å²) in [6, 6.07) is 0. The van der Waals surface area contributed by atoms with E-state index in [1.165, 1.54) is 0 Å². The van der Waals surface area contributed by atoms with E-state index < -0.39 is 0 Å². The molecule has 1 rings (SSSR count). The van der Waals surface area contributed by atoms with Gasteiger partial charge in [0.2, 0.25) is 0 Å². The van der Waals surface area contributed by atoms with Crippen LogP contribution in [0.15, 0.2) is 12.4 Å². The van der Waals surface area contributed by atoms with Gasteiger partial charge in [-0.25, -0.2) is 9.97 Å². The van der Waals surface area contributed by atoms with Gasteiger partial charge in [0, 0.05) is 18.8 Å². The van der Waals surface area contributed by atoms with Crippen molar-refractivity contribution in [3.8, 4) is 0 Å². The Balaban J connectivity index is 2.88. The average molecular weight is 142 g/mol. The minimum Gasteiger partial charge on any atom is -0.240 e. The van der Waals surface area contributed by atoms with Gasteiger partial charge in [-0.3, -0.25) is 0 Å². The minimum absolute atomic E-state index is 0.570. The Morgan fingerprint density at radius 3 is 2.44 bits per heavy atom. The molecule has 0 aliphatic heterocycles. The molecule has 0 bridgehead atoms. The topological polar surface area (TPSA) is 25.8 Å². The largest absolute Gasteiger partial charge is 0.240 e. The van der Waals surface area contributed by atoms with Crippen molar-refractivity contribution in [1.29, 1.82) is 0 Å². The molecule has 0 fully saturated rings. The standard InChI is InChI=1S/C6H6ClN2/c1-2-6-8-3-5(7)4-9-6/h2-4H,1H3. The zero-order valence-corrected chi connectivity index (χ0v) is 5.76. The smallest absolute Gasteiger partial charge is 0.131 e. The fraction of sp³-hybridized carbons (Fsp3) is 0.167. The first-order valence-electron chi connectivity index (χ1n) is 2.60. The zero-order chi connectivity index (χ0) is 6.69. The molecule has 0 amide bonds. The van der Waals surface area contributed by atoms with E-state index in [9.17, 15) is 0 Å². The van der Waals surface area contributed by atoms with Crippen LogP contribution in [0, 0.1) is 6.42 Å². The third kappa shape index (κ3) is 1.64. The Kier molecular flexibility index (Phi) is 2.01. The second kappa shape index (κ2) is 2.78. The van der Waals surface area contributed by atoms with Crippen LogP contribution in [0.1, 0.15) is 12.7 Å². The lowest BCUT2D eigenvalue weighted by Crippen LogP contribution is -1.87. The van der Waals surface area contributed by atoms with Gasteiger partial charge in [0.15, 0.2) is 0 Å². The molecule has 0 unspecified atom stereocenters. The number of aromatic nitrogens is 2. The third-order valence-electron chi connectivity index (χ3n) is 0.899. The quantitative estimate of drug-likeness (QED) is 0.595. The molecule has 1 radical (unpaired) electrons.